The van der Waals surface area contributed by atoms with Crippen molar-refractivity contribution in [3.8, 4) is 0 Å². The molecular formula is C18H23NO5S. The summed E-state index contributed by atoms with van der Waals surface area (Å²) in [5.74, 6) is -1.97. The van der Waals surface area contributed by atoms with Crippen LogP contribution in [0.5, 0.6) is 0 Å². The van der Waals surface area contributed by atoms with Crippen molar-refractivity contribution in [1.29, 1.82) is 0 Å². The van der Waals surface area contributed by atoms with Crippen molar-refractivity contribution in [2.45, 2.75) is 43.4 Å². The highest BCUT2D eigenvalue weighted by Gasteiger charge is 2.29. The number of carbonyl (C=O) groups excluding carboxylic acids is 1. The van der Waals surface area contributed by atoms with Crippen LogP contribution in [0.1, 0.15) is 36.8 Å². The predicted octanol–water partition coefficient (Wildman–Crippen LogP) is 1.66. The summed E-state index contributed by atoms with van der Waals surface area (Å²) >= 11 is 0. The zero-order chi connectivity index (χ0) is 18.0. The second kappa shape index (κ2) is 7.15. The summed E-state index contributed by atoms with van der Waals surface area (Å²) in [6.07, 6.45) is 4.05. The molecule has 3 rings (SSSR count). The van der Waals surface area contributed by atoms with Gasteiger partial charge in [0.05, 0.1) is 16.6 Å². The number of fused-ring (bicyclic) bond motifs is 1. The van der Waals surface area contributed by atoms with Crippen LogP contribution in [0.3, 0.4) is 0 Å². The molecule has 1 aliphatic heterocycles. The first-order valence-corrected chi connectivity index (χ1v) is 10.4. The molecule has 1 fully saturated rings. The molecule has 0 saturated carbocycles. The molecular weight excluding hydrogens is 342 g/mol. The highest BCUT2D eigenvalue weighted by atomic mass is 32.2. The number of likely N-dealkylation sites (tertiary alicyclic amines) is 1. The lowest BCUT2D eigenvalue weighted by molar-refractivity contribution is -0.145. The van der Waals surface area contributed by atoms with Gasteiger partial charge in [-0.15, -0.1) is 0 Å². The van der Waals surface area contributed by atoms with Crippen LogP contribution in [-0.2, 0) is 32.3 Å². The van der Waals surface area contributed by atoms with Crippen molar-refractivity contribution in [2.24, 2.45) is 5.92 Å². The van der Waals surface area contributed by atoms with Crippen LogP contribution >= 0.6 is 0 Å². The highest BCUT2D eigenvalue weighted by molar-refractivity contribution is 7.91. The van der Waals surface area contributed by atoms with Crippen LogP contribution in [0.4, 0.5) is 0 Å². The molecule has 0 unspecified atom stereocenters. The van der Waals surface area contributed by atoms with Gasteiger partial charge in [-0.05, 0) is 55.4 Å². The average molecular weight is 365 g/mol. The van der Waals surface area contributed by atoms with Gasteiger partial charge >= 0.3 is 5.97 Å². The van der Waals surface area contributed by atoms with Gasteiger partial charge in [-0.25, -0.2) is 8.42 Å². The number of benzene rings is 1. The summed E-state index contributed by atoms with van der Waals surface area (Å²) in [6.45, 7) is 0.675. The van der Waals surface area contributed by atoms with Crippen molar-refractivity contribution in [3.63, 3.8) is 0 Å². The number of carboxylic acids is 1. The Morgan fingerprint density at radius 3 is 2.68 bits per heavy atom. The van der Waals surface area contributed by atoms with Gasteiger partial charge in [0, 0.05) is 19.5 Å². The second-order valence-electron chi connectivity index (χ2n) is 6.87. The molecule has 136 valence electrons. The highest BCUT2D eigenvalue weighted by Crippen LogP contribution is 2.25. The zero-order valence-corrected chi connectivity index (χ0v) is 14.9. The van der Waals surface area contributed by atoms with E-state index in [0.717, 1.165) is 24.8 Å². The van der Waals surface area contributed by atoms with Gasteiger partial charge in [-0.3, -0.25) is 9.59 Å². The molecule has 1 aromatic rings. The Bertz CT molecular complexity index is 787. The number of amides is 1. The summed E-state index contributed by atoms with van der Waals surface area (Å²) in [4.78, 5) is 25.2. The molecule has 1 heterocycles. The van der Waals surface area contributed by atoms with Gasteiger partial charge in [0.25, 0.3) is 0 Å². The maximum absolute atomic E-state index is 12.5. The topological polar surface area (TPSA) is 91.8 Å². The van der Waals surface area contributed by atoms with E-state index in [1.54, 1.807) is 12.1 Å². The molecule has 1 aliphatic carbocycles. The number of hydrogen-bond donors (Lipinski definition) is 1. The quantitative estimate of drug-likeness (QED) is 0.857. The van der Waals surface area contributed by atoms with E-state index in [9.17, 15) is 18.0 Å². The first-order valence-electron chi connectivity index (χ1n) is 8.72. The minimum atomic E-state index is -3.51. The van der Waals surface area contributed by atoms with E-state index in [4.69, 9.17) is 5.11 Å². The first-order chi connectivity index (χ1) is 11.9. The third kappa shape index (κ3) is 4.03. The number of rotatable bonds is 5. The van der Waals surface area contributed by atoms with E-state index in [1.807, 2.05) is 6.07 Å². The van der Waals surface area contributed by atoms with E-state index in [2.05, 4.69) is 0 Å². The standard InChI is InChI=1S/C18H23NO5S/c20-17(19-9-2-5-15(12-19)18(21)22)8-10-25(23,24)16-7-6-13-3-1-4-14(13)11-16/h6-7,11,15H,1-5,8-10,12H2,(H,21,22)/t15-/m0/s1. The smallest absolute Gasteiger partial charge is 0.308 e. The summed E-state index contributed by atoms with van der Waals surface area (Å²) in [5, 5.41) is 9.09. The summed E-state index contributed by atoms with van der Waals surface area (Å²) < 4.78 is 25.1. The molecule has 1 N–H and O–H groups in total. The summed E-state index contributed by atoms with van der Waals surface area (Å²) in [5.41, 5.74) is 2.30. The molecule has 2 aliphatic rings. The fourth-order valence-electron chi connectivity index (χ4n) is 3.64. The van der Waals surface area contributed by atoms with Gasteiger partial charge in [0.1, 0.15) is 0 Å². The number of aliphatic carboxylic acids is 1. The number of piperidine rings is 1. The van der Waals surface area contributed by atoms with Crippen molar-refractivity contribution in [2.75, 3.05) is 18.8 Å². The number of carbonyl (C=O) groups is 2. The van der Waals surface area contributed by atoms with Crippen molar-refractivity contribution in [3.05, 3.63) is 29.3 Å². The van der Waals surface area contributed by atoms with Gasteiger partial charge in [-0.1, -0.05) is 6.07 Å². The Labute approximate surface area is 147 Å². The summed E-state index contributed by atoms with van der Waals surface area (Å²) in [7, 11) is -3.51. The lowest BCUT2D eigenvalue weighted by Crippen LogP contribution is -2.42. The van der Waals surface area contributed by atoms with Gasteiger partial charge in [-0.2, -0.15) is 0 Å². The molecule has 1 aromatic carbocycles. The maximum Gasteiger partial charge on any atom is 0.308 e. The minimum absolute atomic E-state index is 0.105. The molecule has 0 spiro atoms. The molecule has 0 bridgehead atoms. The van der Waals surface area contributed by atoms with Gasteiger partial charge < -0.3 is 10.0 Å². The van der Waals surface area contributed by atoms with Crippen molar-refractivity contribution >= 4 is 21.7 Å². The van der Waals surface area contributed by atoms with Crippen LogP contribution in [0.2, 0.25) is 0 Å². The van der Waals surface area contributed by atoms with E-state index in [1.165, 1.54) is 10.5 Å². The molecule has 1 atom stereocenters. The van der Waals surface area contributed by atoms with E-state index in [-0.39, 0.29) is 29.5 Å². The van der Waals surface area contributed by atoms with Crippen LogP contribution < -0.4 is 0 Å². The number of nitrogens with zero attached hydrogens (tertiary/aromatic N) is 1. The monoisotopic (exact) mass is 365 g/mol. The average Bonchev–Trinajstić information content (AvgIpc) is 3.07. The molecule has 0 radical (unpaired) electrons. The van der Waals surface area contributed by atoms with Crippen LogP contribution in [0, 0.1) is 5.92 Å². The van der Waals surface area contributed by atoms with Crippen LogP contribution in [0.15, 0.2) is 23.1 Å². The molecule has 0 aromatic heterocycles. The van der Waals surface area contributed by atoms with Crippen molar-refractivity contribution in [1.82, 2.24) is 4.90 Å². The number of sulfone groups is 1. The predicted molar refractivity (Wildman–Crippen MR) is 92.1 cm³/mol. The van der Waals surface area contributed by atoms with Gasteiger partial charge in [0.2, 0.25) is 5.91 Å². The third-order valence-electron chi connectivity index (χ3n) is 5.14. The normalized spacial score (nSPS) is 20.3. The number of carboxylic acid groups (broad SMARTS) is 1. The number of aryl methyl sites for hydroxylation is 2. The Morgan fingerprint density at radius 1 is 1.16 bits per heavy atom. The van der Waals surface area contributed by atoms with Crippen molar-refractivity contribution < 1.29 is 23.1 Å². The van der Waals surface area contributed by atoms with Crippen LogP contribution in [0.25, 0.3) is 0 Å². The summed E-state index contributed by atoms with van der Waals surface area (Å²) in [6, 6.07) is 5.24. The molecule has 1 saturated heterocycles. The Kier molecular flexibility index (Phi) is 5.13. The molecule has 25 heavy (non-hydrogen) atoms. The largest absolute Gasteiger partial charge is 0.481 e. The zero-order valence-electron chi connectivity index (χ0n) is 14.1. The Hall–Kier alpha value is -1.89. The SMILES string of the molecule is O=C(O)[C@H]1CCCN(C(=O)CCS(=O)(=O)c2ccc3c(c2)CCC3)C1. The van der Waals surface area contributed by atoms with E-state index < -0.39 is 21.7 Å². The van der Waals surface area contributed by atoms with Gasteiger partial charge in [0.15, 0.2) is 9.84 Å². The van der Waals surface area contributed by atoms with Crippen LogP contribution in [-0.4, -0.2) is 49.1 Å². The minimum Gasteiger partial charge on any atom is -0.481 e. The molecule has 6 nitrogen and oxygen atoms in total. The third-order valence-corrected chi connectivity index (χ3v) is 6.85. The fourth-order valence-corrected chi connectivity index (χ4v) is 4.92. The maximum atomic E-state index is 12.5. The van der Waals surface area contributed by atoms with E-state index >= 15 is 0 Å². The second-order valence-corrected chi connectivity index (χ2v) is 8.98. The number of hydrogen-bond acceptors (Lipinski definition) is 4. The lowest BCUT2D eigenvalue weighted by Gasteiger charge is -2.30. The molecule has 1 amide bonds. The first kappa shape index (κ1) is 17.9. The fraction of sp³-hybridized carbons (Fsp3) is 0.556. The molecule has 7 heteroatoms. The Balaban J connectivity index is 1.62. The lowest BCUT2D eigenvalue weighted by atomic mass is 9.98. The Morgan fingerprint density at radius 2 is 1.92 bits per heavy atom. The van der Waals surface area contributed by atoms with E-state index in [0.29, 0.717) is 19.4 Å².